The van der Waals surface area contributed by atoms with E-state index in [0.717, 1.165) is 27.7 Å². The summed E-state index contributed by atoms with van der Waals surface area (Å²) in [4.78, 5) is 21.5. The van der Waals surface area contributed by atoms with Gasteiger partial charge in [0, 0.05) is 23.6 Å². The first-order chi connectivity index (χ1) is 13.9. The number of hydrogen-bond acceptors (Lipinski definition) is 5. The lowest BCUT2D eigenvalue weighted by Crippen LogP contribution is -2.32. The molecule has 0 saturated heterocycles. The molecule has 8 nitrogen and oxygen atoms in total. The van der Waals surface area contributed by atoms with E-state index in [9.17, 15) is 20.2 Å². The lowest BCUT2D eigenvalue weighted by molar-refractivity contribution is -0.632. The van der Waals surface area contributed by atoms with Crippen LogP contribution in [0.2, 0.25) is 0 Å². The second-order valence-electron chi connectivity index (χ2n) is 6.59. The molecule has 0 spiro atoms. The third-order valence-corrected chi connectivity index (χ3v) is 4.97. The van der Waals surface area contributed by atoms with Gasteiger partial charge in [0.2, 0.25) is 11.2 Å². The highest BCUT2D eigenvalue weighted by atomic mass is 16.6. The first-order valence-electron chi connectivity index (χ1n) is 8.73. The van der Waals surface area contributed by atoms with Crippen LogP contribution in [0.1, 0.15) is 0 Å². The zero-order valence-electron chi connectivity index (χ0n) is 15.7. The van der Waals surface area contributed by atoms with Gasteiger partial charge in [-0.3, -0.25) is 20.2 Å². The van der Waals surface area contributed by atoms with E-state index in [1.165, 1.54) is 12.1 Å². The minimum atomic E-state index is -0.625. The molecule has 8 heteroatoms. The Labute approximate surface area is 164 Å². The number of nitro groups is 2. The summed E-state index contributed by atoms with van der Waals surface area (Å²) in [6.45, 7) is 0. The molecule has 0 fully saturated rings. The summed E-state index contributed by atoms with van der Waals surface area (Å²) in [6.07, 6.45) is 0. The average molecular weight is 390 g/mol. The van der Waals surface area contributed by atoms with E-state index in [-0.39, 0.29) is 11.4 Å². The smallest absolute Gasteiger partial charge is 0.277 e. The van der Waals surface area contributed by atoms with Crippen molar-refractivity contribution in [2.24, 2.45) is 7.05 Å². The standard InChI is InChI=1S/C21H16N3O5/c1-22-20-6-4-3-5-18(20)17-8-7-16(29-2)12-19(17)21(22)13-9-14(23(25)26)11-15(10-13)24(27)28/h3-12H,1-2H3/q+1. The van der Waals surface area contributed by atoms with E-state index in [0.29, 0.717) is 17.0 Å². The second kappa shape index (κ2) is 6.83. The van der Waals surface area contributed by atoms with Crippen LogP contribution in [0.3, 0.4) is 0 Å². The maximum absolute atomic E-state index is 11.4. The summed E-state index contributed by atoms with van der Waals surface area (Å²) >= 11 is 0. The quantitative estimate of drug-likeness (QED) is 0.224. The fraction of sp³-hybridized carbons (Fsp3) is 0.0952. The summed E-state index contributed by atoms with van der Waals surface area (Å²) in [7, 11) is 3.39. The minimum absolute atomic E-state index is 0.335. The molecule has 0 aliphatic carbocycles. The Morgan fingerprint density at radius 3 is 2.10 bits per heavy atom. The van der Waals surface area contributed by atoms with Crippen molar-refractivity contribution in [3.8, 4) is 17.0 Å². The van der Waals surface area contributed by atoms with Crippen molar-refractivity contribution >= 4 is 33.1 Å². The number of fused-ring (bicyclic) bond motifs is 3. The summed E-state index contributed by atoms with van der Waals surface area (Å²) in [5, 5.41) is 25.4. The molecule has 4 rings (SSSR count). The molecule has 0 unspecified atom stereocenters. The Balaban J connectivity index is 2.19. The van der Waals surface area contributed by atoms with Crippen LogP contribution in [-0.4, -0.2) is 17.0 Å². The summed E-state index contributed by atoms with van der Waals surface area (Å²) in [5.41, 5.74) is 1.24. The van der Waals surface area contributed by atoms with Crippen molar-refractivity contribution in [3.63, 3.8) is 0 Å². The van der Waals surface area contributed by atoms with E-state index in [1.807, 2.05) is 54.1 Å². The van der Waals surface area contributed by atoms with Crippen molar-refractivity contribution in [2.45, 2.75) is 0 Å². The van der Waals surface area contributed by atoms with Crippen molar-refractivity contribution in [3.05, 3.63) is 80.9 Å². The Hall–Kier alpha value is -4.07. The monoisotopic (exact) mass is 390 g/mol. The van der Waals surface area contributed by atoms with Gasteiger partial charge < -0.3 is 4.74 Å². The van der Waals surface area contributed by atoms with Gasteiger partial charge in [-0.2, -0.15) is 4.57 Å². The van der Waals surface area contributed by atoms with Gasteiger partial charge in [-0.1, -0.05) is 12.1 Å². The number of nitro benzene ring substituents is 2. The molecule has 0 aliphatic heterocycles. The average Bonchev–Trinajstić information content (AvgIpc) is 2.73. The summed E-state index contributed by atoms with van der Waals surface area (Å²) < 4.78 is 7.25. The number of ether oxygens (including phenoxy) is 1. The highest BCUT2D eigenvalue weighted by Crippen LogP contribution is 2.36. The minimum Gasteiger partial charge on any atom is -0.497 e. The molecule has 0 radical (unpaired) electrons. The Kier molecular flexibility index (Phi) is 4.31. The van der Waals surface area contributed by atoms with E-state index in [1.54, 1.807) is 7.11 Å². The number of methoxy groups -OCH3 is 1. The van der Waals surface area contributed by atoms with Gasteiger partial charge in [0.25, 0.3) is 11.4 Å². The largest absolute Gasteiger partial charge is 0.497 e. The third-order valence-electron chi connectivity index (χ3n) is 4.97. The summed E-state index contributed by atoms with van der Waals surface area (Å²) in [6, 6.07) is 17.0. The van der Waals surface area contributed by atoms with Gasteiger partial charge in [0.05, 0.1) is 39.4 Å². The van der Waals surface area contributed by atoms with Crippen LogP contribution in [0.5, 0.6) is 5.75 Å². The zero-order chi connectivity index (χ0) is 20.7. The lowest BCUT2D eigenvalue weighted by atomic mass is 9.98. The third kappa shape index (κ3) is 3.00. The van der Waals surface area contributed by atoms with Gasteiger partial charge in [0.1, 0.15) is 12.8 Å². The maximum atomic E-state index is 11.4. The van der Waals surface area contributed by atoms with Gasteiger partial charge >= 0.3 is 0 Å². The normalized spacial score (nSPS) is 11.0. The summed E-state index contributed by atoms with van der Waals surface area (Å²) in [5.74, 6) is 0.619. The fourth-order valence-corrected chi connectivity index (χ4v) is 3.67. The number of para-hydroxylation sites is 1. The highest BCUT2D eigenvalue weighted by molar-refractivity contribution is 6.09. The molecule has 4 aromatic rings. The fourth-order valence-electron chi connectivity index (χ4n) is 3.67. The predicted molar refractivity (Wildman–Crippen MR) is 108 cm³/mol. The topological polar surface area (TPSA) is 99.4 Å². The molecule has 1 heterocycles. The Bertz CT molecular complexity index is 1280. The zero-order valence-corrected chi connectivity index (χ0v) is 15.7. The number of nitrogens with zero attached hydrogens (tertiary/aromatic N) is 3. The molecular weight excluding hydrogens is 374 g/mol. The van der Waals surface area contributed by atoms with E-state index < -0.39 is 9.85 Å². The number of benzene rings is 3. The van der Waals surface area contributed by atoms with Crippen LogP contribution in [0.25, 0.3) is 32.9 Å². The number of non-ortho nitro benzene ring substituents is 2. The lowest BCUT2D eigenvalue weighted by Gasteiger charge is -2.11. The van der Waals surface area contributed by atoms with Gasteiger partial charge in [-0.15, -0.1) is 0 Å². The SMILES string of the molecule is COc1ccc2c(c1)c(-c1cc([N+](=O)[O-])cc([N+](=O)[O-])c1)[n+](C)c1ccccc21. The van der Waals surface area contributed by atoms with Crippen LogP contribution in [0.4, 0.5) is 11.4 Å². The van der Waals surface area contributed by atoms with Crippen LogP contribution in [-0.2, 0) is 7.05 Å². The van der Waals surface area contributed by atoms with Crippen LogP contribution >= 0.6 is 0 Å². The van der Waals surface area contributed by atoms with Gasteiger partial charge in [0.15, 0.2) is 0 Å². The van der Waals surface area contributed by atoms with Crippen LogP contribution in [0.15, 0.2) is 60.7 Å². The highest BCUT2D eigenvalue weighted by Gasteiger charge is 2.25. The molecule has 0 saturated carbocycles. The number of hydrogen-bond donors (Lipinski definition) is 0. The number of pyridine rings is 1. The number of aryl methyl sites for hydroxylation is 1. The molecule has 3 aromatic carbocycles. The van der Waals surface area contributed by atoms with E-state index >= 15 is 0 Å². The molecule has 0 N–H and O–H groups in total. The molecule has 144 valence electrons. The maximum Gasteiger partial charge on any atom is 0.277 e. The van der Waals surface area contributed by atoms with Crippen LogP contribution in [0, 0.1) is 20.2 Å². The molecule has 0 amide bonds. The molecule has 29 heavy (non-hydrogen) atoms. The first kappa shape index (κ1) is 18.3. The van der Waals surface area contributed by atoms with E-state index in [4.69, 9.17) is 4.74 Å². The predicted octanol–water partition coefficient (Wildman–Crippen LogP) is 4.31. The van der Waals surface area contributed by atoms with Gasteiger partial charge in [-0.05, 0) is 24.3 Å². The van der Waals surface area contributed by atoms with Crippen molar-refractivity contribution in [2.75, 3.05) is 7.11 Å². The molecule has 0 atom stereocenters. The van der Waals surface area contributed by atoms with Crippen LogP contribution < -0.4 is 9.30 Å². The second-order valence-corrected chi connectivity index (χ2v) is 6.59. The number of rotatable bonds is 4. The Morgan fingerprint density at radius 1 is 0.828 bits per heavy atom. The van der Waals surface area contributed by atoms with E-state index in [2.05, 4.69) is 0 Å². The molecule has 0 aliphatic rings. The molecular formula is C21H16N3O5+. The Morgan fingerprint density at radius 2 is 1.48 bits per heavy atom. The molecule has 0 bridgehead atoms. The van der Waals surface area contributed by atoms with Crippen molar-refractivity contribution in [1.82, 2.24) is 0 Å². The first-order valence-corrected chi connectivity index (χ1v) is 8.73. The molecule has 1 aromatic heterocycles. The van der Waals surface area contributed by atoms with Crippen molar-refractivity contribution in [1.29, 1.82) is 0 Å². The van der Waals surface area contributed by atoms with Crippen molar-refractivity contribution < 1.29 is 19.2 Å². The number of aromatic nitrogens is 1. The van der Waals surface area contributed by atoms with Gasteiger partial charge in [-0.25, -0.2) is 0 Å².